The largest absolute Gasteiger partial charge is 0.346 e. The summed E-state index contributed by atoms with van der Waals surface area (Å²) in [7, 11) is -2.93. The third kappa shape index (κ3) is 2.57. The van der Waals surface area contributed by atoms with Crippen LogP contribution < -0.4 is 0 Å². The number of nitrogens with zero attached hydrogens (tertiary/aromatic N) is 1. The summed E-state index contributed by atoms with van der Waals surface area (Å²) in [6.45, 7) is 0.461. The van der Waals surface area contributed by atoms with Crippen molar-refractivity contribution < 1.29 is 8.42 Å². The highest BCUT2D eigenvalue weighted by Crippen LogP contribution is 2.20. The smallest absolute Gasteiger partial charge is 0.149 e. The van der Waals surface area contributed by atoms with E-state index in [2.05, 4.69) is 0 Å². The molecule has 0 saturated heterocycles. The molecule has 0 aliphatic carbocycles. The number of rotatable bonds is 3. The Bertz CT molecular complexity index is 616. The predicted molar refractivity (Wildman–Crippen MR) is 66.7 cm³/mol. The molecule has 0 unspecified atom stereocenters. The molecule has 86 valence electrons. The van der Waals surface area contributed by atoms with Crippen LogP contribution in [0.1, 0.15) is 0 Å². The first-order valence-electron chi connectivity index (χ1n) is 4.88. The van der Waals surface area contributed by atoms with Crippen LogP contribution in [0.3, 0.4) is 0 Å². The molecule has 0 bridgehead atoms. The molecular weight excluding hydrogens is 246 g/mol. The quantitative estimate of drug-likeness (QED) is 0.847. The zero-order chi connectivity index (χ0) is 11.8. The normalized spacial score (nSPS) is 12.1. The van der Waals surface area contributed by atoms with Gasteiger partial charge in [0, 0.05) is 29.5 Å². The minimum atomic E-state index is -2.93. The fourth-order valence-electron chi connectivity index (χ4n) is 1.62. The van der Waals surface area contributed by atoms with Crippen molar-refractivity contribution in [3.8, 4) is 0 Å². The van der Waals surface area contributed by atoms with E-state index in [1.165, 1.54) is 6.26 Å². The number of sulfone groups is 1. The molecule has 0 saturated carbocycles. The Kier molecular flexibility index (Phi) is 2.95. The zero-order valence-electron chi connectivity index (χ0n) is 8.85. The zero-order valence-corrected chi connectivity index (χ0v) is 10.4. The predicted octanol–water partition coefficient (Wildman–Crippen LogP) is 2.34. The average molecular weight is 258 g/mol. The van der Waals surface area contributed by atoms with Crippen molar-refractivity contribution in [1.29, 1.82) is 0 Å². The molecule has 0 radical (unpaired) electrons. The van der Waals surface area contributed by atoms with E-state index < -0.39 is 9.84 Å². The molecule has 0 aliphatic rings. The molecule has 1 heterocycles. The summed E-state index contributed by atoms with van der Waals surface area (Å²) in [5.74, 6) is 0.142. The molecule has 2 aromatic rings. The Balaban J connectivity index is 2.34. The third-order valence-electron chi connectivity index (χ3n) is 2.44. The van der Waals surface area contributed by atoms with Crippen molar-refractivity contribution in [2.75, 3.05) is 12.0 Å². The van der Waals surface area contributed by atoms with Crippen LogP contribution in [0, 0.1) is 0 Å². The molecule has 5 heteroatoms. The summed E-state index contributed by atoms with van der Waals surface area (Å²) in [4.78, 5) is 0. The van der Waals surface area contributed by atoms with Gasteiger partial charge in [0.15, 0.2) is 0 Å². The Morgan fingerprint density at radius 2 is 2.06 bits per heavy atom. The van der Waals surface area contributed by atoms with Gasteiger partial charge in [0.05, 0.1) is 5.75 Å². The molecule has 1 aromatic heterocycles. The van der Waals surface area contributed by atoms with Gasteiger partial charge >= 0.3 is 0 Å². The van der Waals surface area contributed by atoms with Crippen molar-refractivity contribution in [2.45, 2.75) is 6.54 Å². The Hall–Kier alpha value is -1.00. The second kappa shape index (κ2) is 4.11. The lowest BCUT2D eigenvalue weighted by molar-refractivity contribution is 0.596. The molecular formula is C11H12ClNO2S. The lowest BCUT2D eigenvalue weighted by Gasteiger charge is -2.04. The minimum absolute atomic E-state index is 0.142. The molecule has 0 fully saturated rings. The van der Waals surface area contributed by atoms with Crippen molar-refractivity contribution in [1.82, 2.24) is 4.57 Å². The van der Waals surface area contributed by atoms with Crippen LogP contribution >= 0.6 is 11.6 Å². The third-order valence-corrected chi connectivity index (χ3v) is 3.60. The summed E-state index contributed by atoms with van der Waals surface area (Å²) in [5, 5.41) is 1.73. The number of aromatic nitrogens is 1. The van der Waals surface area contributed by atoms with Crippen LogP contribution in [0.15, 0.2) is 30.5 Å². The standard InChI is InChI=1S/C11H12ClNO2S/c1-16(14,15)7-6-13-5-4-9-2-3-10(12)8-11(9)13/h2-5,8H,6-7H2,1H3. The van der Waals surface area contributed by atoms with Crippen LogP contribution in [-0.4, -0.2) is 25.0 Å². The van der Waals surface area contributed by atoms with Crippen LogP contribution in [0.25, 0.3) is 10.9 Å². The number of halogens is 1. The summed E-state index contributed by atoms with van der Waals surface area (Å²) in [6.07, 6.45) is 3.12. The first-order valence-corrected chi connectivity index (χ1v) is 7.32. The van der Waals surface area contributed by atoms with E-state index in [0.717, 1.165) is 10.9 Å². The van der Waals surface area contributed by atoms with Gasteiger partial charge in [0.1, 0.15) is 9.84 Å². The Labute approximate surface area is 99.6 Å². The van der Waals surface area contributed by atoms with Gasteiger partial charge in [-0.05, 0) is 23.6 Å². The SMILES string of the molecule is CS(=O)(=O)CCn1ccc2ccc(Cl)cc21. The number of hydrogen-bond donors (Lipinski definition) is 0. The minimum Gasteiger partial charge on any atom is -0.346 e. The molecule has 0 atom stereocenters. The highest BCUT2D eigenvalue weighted by Gasteiger charge is 2.05. The van der Waals surface area contributed by atoms with E-state index in [1.807, 2.05) is 35.0 Å². The molecule has 0 amide bonds. The fraction of sp³-hybridized carbons (Fsp3) is 0.273. The lowest BCUT2D eigenvalue weighted by atomic mass is 10.2. The van der Waals surface area contributed by atoms with E-state index in [9.17, 15) is 8.42 Å². The molecule has 1 aromatic carbocycles. The van der Waals surface area contributed by atoms with E-state index in [1.54, 1.807) is 0 Å². The van der Waals surface area contributed by atoms with Crippen molar-refractivity contribution in [3.63, 3.8) is 0 Å². The van der Waals surface area contributed by atoms with Crippen LogP contribution in [0.4, 0.5) is 0 Å². The van der Waals surface area contributed by atoms with Gasteiger partial charge in [0.2, 0.25) is 0 Å². The van der Waals surface area contributed by atoms with Crippen molar-refractivity contribution in [2.24, 2.45) is 0 Å². The van der Waals surface area contributed by atoms with Crippen LogP contribution in [0.2, 0.25) is 5.02 Å². The van der Waals surface area contributed by atoms with Gasteiger partial charge in [-0.2, -0.15) is 0 Å². The fourth-order valence-corrected chi connectivity index (χ4v) is 2.31. The second-order valence-electron chi connectivity index (χ2n) is 3.84. The van der Waals surface area contributed by atoms with E-state index >= 15 is 0 Å². The summed E-state index contributed by atoms with van der Waals surface area (Å²) >= 11 is 5.91. The molecule has 16 heavy (non-hydrogen) atoms. The first kappa shape index (κ1) is 11.5. The van der Waals surface area contributed by atoms with Gasteiger partial charge in [-0.25, -0.2) is 8.42 Å². The number of fused-ring (bicyclic) bond motifs is 1. The highest BCUT2D eigenvalue weighted by molar-refractivity contribution is 7.90. The van der Waals surface area contributed by atoms with Gasteiger partial charge in [0.25, 0.3) is 0 Å². The number of hydrogen-bond acceptors (Lipinski definition) is 2. The number of aryl methyl sites for hydroxylation is 1. The van der Waals surface area contributed by atoms with E-state index in [0.29, 0.717) is 11.6 Å². The maximum absolute atomic E-state index is 11.1. The monoisotopic (exact) mass is 257 g/mol. The Morgan fingerprint density at radius 3 is 2.75 bits per heavy atom. The van der Waals surface area contributed by atoms with Crippen molar-refractivity contribution in [3.05, 3.63) is 35.5 Å². The molecule has 0 aliphatic heterocycles. The second-order valence-corrected chi connectivity index (χ2v) is 6.54. The summed E-state index contributed by atoms with van der Waals surface area (Å²) in [6, 6.07) is 7.55. The first-order chi connectivity index (χ1) is 7.46. The molecule has 2 rings (SSSR count). The molecule has 0 N–H and O–H groups in total. The summed E-state index contributed by atoms with van der Waals surface area (Å²) < 4.78 is 24.1. The maximum atomic E-state index is 11.1. The van der Waals surface area contributed by atoms with Gasteiger partial charge in [-0.1, -0.05) is 17.7 Å². The topological polar surface area (TPSA) is 39.1 Å². The highest BCUT2D eigenvalue weighted by atomic mass is 35.5. The van der Waals surface area contributed by atoms with Crippen molar-refractivity contribution >= 4 is 32.3 Å². The summed E-state index contributed by atoms with van der Waals surface area (Å²) in [5.41, 5.74) is 0.969. The van der Waals surface area contributed by atoms with Gasteiger partial charge in [-0.15, -0.1) is 0 Å². The number of benzene rings is 1. The maximum Gasteiger partial charge on any atom is 0.149 e. The molecule has 3 nitrogen and oxygen atoms in total. The molecule has 0 spiro atoms. The van der Waals surface area contributed by atoms with Crippen LogP contribution in [-0.2, 0) is 16.4 Å². The van der Waals surface area contributed by atoms with Gasteiger partial charge < -0.3 is 4.57 Å². The average Bonchev–Trinajstić information content (AvgIpc) is 2.56. The van der Waals surface area contributed by atoms with Gasteiger partial charge in [-0.3, -0.25) is 0 Å². The van der Waals surface area contributed by atoms with E-state index in [-0.39, 0.29) is 5.75 Å². The lowest BCUT2D eigenvalue weighted by Crippen LogP contribution is -2.10. The Morgan fingerprint density at radius 1 is 1.31 bits per heavy atom. The van der Waals surface area contributed by atoms with Crippen LogP contribution in [0.5, 0.6) is 0 Å². The van der Waals surface area contributed by atoms with E-state index in [4.69, 9.17) is 11.6 Å².